The topological polar surface area (TPSA) is 57.4 Å². The zero-order valence-corrected chi connectivity index (χ0v) is 12.8. The predicted molar refractivity (Wildman–Crippen MR) is 88.5 cm³/mol. The molecule has 0 unspecified atom stereocenters. The minimum absolute atomic E-state index is 0.207. The van der Waals surface area contributed by atoms with Crippen molar-refractivity contribution in [2.24, 2.45) is 10.7 Å². The van der Waals surface area contributed by atoms with E-state index in [-0.39, 0.29) is 5.82 Å². The lowest BCUT2D eigenvalue weighted by molar-refractivity contribution is 0.428. The van der Waals surface area contributed by atoms with Crippen LogP contribution < -0.4 is 5.73 Å². The first-order valence-corrected chi connectivity index (χ1v) is 8.04. The van der Waals surface area contributed by atoms with E-state index in [4.69, 9.17) is 5.73 Å². The molecule has 5 heteroatoms. The van der Waals surface area contributed by atoms with Crippen LogP contribution in [-0.4, -0.2) is 35.5 Å². The van der Waals surface area contributed by atoms with Gasteiger partial charge in [-0.05, 0) is 43.0 Å². The average Bonchev–Trinajstić information content (AvgIpc) is 2.74. The highest BCUT2D eigenvalue weighted by Crippen LogP contribution is 2.19. The molecule has 1 saturated heterocycles. The van der Waals surface area contributed by atoms with Crippen LogP contribution in [0.2, 0.25) is 0 Å². The molecular formula is C17H23FN4. The molecule has 0 radical (unpaired) electrons. The van der Waals surface area contributed by atoms with E-state index in [0.29, 0.717) is 12.5 Å². The van der Waals surface area contributed by atoms with E-state index in [1.54, 1.807) is 12.1 Å². The average molecular weight is 302 g/mol. The van der Waals surface area contributed by atoms with Gasteiger partial charge >= 0.3 is 0 Å². The molecule has 1 aliphatic heterocycles. The van der Waals surface area contributed by atoms with Crippen molar-refractivity contribution in [3.63, 3.8) is 0 Å². The van der Waals surface area contributed by atoms with E-state index in [1.165, 1.54) is 31.7 Å². The lowest BCUT2D eigenvalue weighted by Gasteiger charge is -2.21. The predicted octanol–water partition coefficient (Wildman–Crippen LogP) is 3.04. The van der Waals surface area contributed by atoms with Gasteiger partial charge in [0.2, 0.25) is 0 Å². The van der Waals surface area contributed by atoms with E-state index in [1.807, 2.05) is 6.20 Å². The molecule has 0 saturated carbocycles. The molecule has 3 rings (SSSR count). The monoisotopic (exact) mass is 302 g/mol. The molecule has 118 valence electrons. The maximum Gasteiger partial charge on any atom is 0.191 e. The molecule has 1 fully saturated rings. The molecule has 2 aromatic rings. The van der Waals surface area contributed by atoms with Crippen molar-refractivity contribution >= 4 is 16.9 Å². The summed E-state index contributed by atoms with van der Waals surface area (Å²) in [5.74, 6) is 0.439. The maximum absolute atomic E-state index is 13.4. The van der Waals surface area contributed by atoms with Gasteiger partial charge in [0, 0.05) is 36.7 Å². The number of hydrogen-bond acceptors (Lipinski definition) is 1. The van der Waals surface area contributed by atoms with Crippen molar-refractivity contribution in [1.82, 2.24) is 9.88 Å². The second-order valence-corrected chi connectivity index (χ2v) is 5.90. The fourth-order valence-electron chi connectivity index (χ4n) is 3.05. The first-order chi connectivity index (χ1) is 10.7. The quantitative estimate of drug-likeness (QED) is 0.676. The fourth-order valence-corrected chi connectivity index (χ4v) is 3.05. The van der Waals surface area contributed by atoms with Gasteiger partial charge in [-0.25, -0.2) is 4.39 Å². The number of rotatable bonds is 3. The summed E-state index contributed by atoms with van der Waals surface area (Å²) in [5, 5.41) is 0.934. The van der Waals surface area contributed by atoms with Crippen LogP contribution in [0.5, 0.6) is 0 Å². The number of aliphatic imine (C=N–C) groups is 1. The van der Waals surface area contributed by atoms with E-state index in [2.05, 4.69) is 14.9 Å². The molecule has 22 heavy (non-hydrogen) atoms. The second-order valence-electron chi connectivity index (χ2n) is 5.90. The largest absolute Gasteiger partial charge is 0.370 e. The number of benzene rings is 1. The number of aromatic amines is 1. The summed E-state index contributed by atoms with van der Waals surface area (Å²) in [5.41, 5.74) is 8.15. The molecule has 3 N–H and O–H groups in total. The zero-order chi connectivity index (χ0) is 15.4. The van der Waals surface area contributed by atoms with E-state index in [0.717, 1.165) is 36.0 Å². The van der Waals surface area contributed by atoms with Gasteiger partial charge in [0.25, 0.3) is 0 Å². The van der Waals surface area contributed by atoms with Crippen molar-refractivity contribution < 1.29 is 4.39 Å². The Morgan fingerprint density at radius 3 is 2.77 bits per heavy atom. The van der Waals surface area contributed by atoms with Crippen LogP contribution in [0.25, 0.3) is 10.9 Å². The summed E-state index contributed by atoms with van der Waals surface area (Å²) < 4.78 is 13.4. The van der Waals surface area contributed by atoms with Gasteiger partial charge in [0.1, 0.15) is 5.82 Å². The lowest BCUT2D eigenvalue weighted by atomic mass is 10.1. The third-order valence-corrected chi connectivity index (χ3v) is 4.31. The van der Waals surface area contributed by atoms with Gasteiger partial charge in [-0.2, -0.15) is 0 Å². The Kier molecular flexibility index (Phi) is 4.61. The van der Waals surface area contributed by atoms with Crippen LogP contribution in [0.15, 0.2) is 29.4 Å². The Morgan fingerprint density at radius 2 is 2.00 bits per heavy atom. The summed E-state index contributed by atoms with van der Waals surface area (Å²) in [6.45, 7) is 2.65. The number of aromatic nitrogens is 1. The van der Waals surface area contributed by atoms with Gasteiger partial charge in [-0.15, -0.1) is 0 Å². The highest BCUT2D eigenvalue weighted by Gasteiger charge is 2.11. The lowest BCUT2D eigenvalue weighted by Crippen LogP contribution is -2.38. The van der Waals surface area contributed by atoms with Crippen LogP contribution in [-0.2, 0) is 6.42 Å². The third-order valence-electron chi connectivity index (χ3n) is 4.31. The van der Waals surface area contributed by atoms with E-state index >= 15 is 0 Å². The molecule has 0 aliphatic carbocycles. The number of H-pyrrole nitrogens is 1. The molecule has 1 aliphatic rings. The Labute approximate surface area is 130 Å². The third kappa shape index (κ3) is 3.40. The van der Waals surface area contributed by atoms with Crippen LogP contribution in [0.4, 0.5) is 4.39 Å². The van der Waals surface area contributed by atoms with Crippen LogP contribution in [0, 0.1) is 5.82 Å². The fraction of sp³-hybridized carbons (Fsp3) is 0.471. The summed E-state index contributed by atoms with van der Waals surface area (Å²) in [7, 11) is 0. The van der Waals surface area contributed by atoms with E-state index < -0.39 is 0 Å². The Morgan fingerprint density at radius 1 is 1.23 bits per heavy atom. The van der Waals surface area contributed by atoms with Crippen molar-refractivity contribution in [3.05, 3.63) is 35.8 Å². The molecule has 1 aromatic heterocycles. The van der Waals surface area contributed by atoms with Crippen molar-refractivity contribution in [3.8, 4) is 0 Å². The Hall–Kier alpha value is -2.04. The molecule has 0 bridgehead atoms. The minimum atomic E-state index is -0.207. The number of halogens is 1. The highest BCUT2D eigenvalue weighted by molar-refractivity contribution is 5.83. The van der Waals surface area contributed by atoms with Gasteiger partial charge in [0.05, 0.1) is 0 Å². The Bertz CT molecular complexity index is 654. The number of hydrogen-bond donors (Lipinski definition) is 2. The molecule has 0 atom stereocenters. The van der Waals surface area contributed by atoms with Crippen molar-refractivity contribution in [2.45, 2.75) is 32.1 Å². The van der Waals surface area contributed by atoms with E-state index in [9.17, 15) is 4.39 Å². The van der Waals surface area contributed by atoms with Crippen molar-refractivity contribution in [1.29, 1.82) is 0 Å². The smallest absolute Gasteiger partial charge is 0.191 e. The maximum atomic E-state index is 13.4. The molecule has 4 nitrogen and oxygen atoms in total. The summed E-state index contributed by atoms with van der Waals surface area (Å²) >= 11 is 0. The molecular weight excluding hydrogens is 279 g/mol. The SMILES string of the molecule is NC(=NCCc1c[nH]c2ccc(F)cc12)N1CCCCCC1. The number of fused-ring (bicyclic) bond motifs is 1. The molecule has 2 heterocycles. The normalized spacial score (nSPS) is 17.0. The number of nitrogens with two attached hydrogens (primary N) is 1. The number of nitrogens with zero attached hydrogens (tertiary/aromatic N) is 2. The summed E-state index contributed by atoms with van der Waals surface area (Å²) in [6, 6.07) is 4.81. The van der Waals surface area contributed by atoms with Crippen molar-refractivity contribution in [2.75, 3.05) is 19.6 Å². The number of nitrogens with one attached hydrogen (secondary N) is 1. The first-order valence-electron chi connectivity index (χ1n) is 8.04. The standard InChI is InChI=1S/C17H23FN4/c18-14-5-6-16-15(11-14)13(12-21-16)7-8-20-17(19)22-9-3-1-2-4-10-22/h5-6,11-12,21H,1-4,7-10H2,(H2,19,20). The number of likely N-dealkylation sites (tertiary alicyclic amines) is 1. The van der Waals surface area contributed by atoms with Crippen LogP contribution in [0.1, 0.15) is 31.2 Å². The Balaban J connectivity index is 1.63. The molecule has 0 amide bonds. The van der Waals surface area contributed by atoms with Crippen LogP contribution >= 0.6 is 0 Å². The summed E-state index contributed by atoms with van der Waals surface area (Å²) in [4.78, 5) is 9.86. The summed E-state index contributed by atoms with van der Waals surface area (Å²) in [6.07, 6.45) is 7.64. The number of guanidine groups is 1. The van der Waals surface area contributed by atoms with Gasteiger partial charge < -0.3 is 15.6 Å². The first kappa shape index (κ1) is 14.9. The van der Waals surface area contributed by atoms with Gasteiger partial charge in [-0.1, -0.05) is 12.8 Å². The van der Waals surface area contributed by atoms with Gasteiger partial charge in [-0.3, -0.25) is 4.99 Å². The van der Waals surface area contributed by atoms with Gasteiger partial charge in [0.15, 0.2) is 5.96 Å². The minimum Gasteiger partial charge on any atom is -0.370 e. The highest BCUT2D eigenvalue weighted by atomic mass is 19.1. The molecule has 1 aromatic carbocycles. The molecule has 0 spiro atoms. The second kappa shape index (κ2) is 6.81. The zero-order valence-electron chi connectivity index (χ0n) is 12.8. The van der Waals surface area contributed by atoms with Crippen LogP contribution in [0.3, 0.4) is 0 Å².